The molecule has 1 aromatic heterocycles. The number of fused-ring (bicyclic) bond motifs is 5. The third kappa shape index (κ3) is 1.95. The molecular weight excluding hydrogens is 353 g/mol. The summed E-state index contributed by atoms with van der Waals surface area (Å²) in [6.45, 7) is 1.41. The summed E-state index contributed by atoms with van der Waals surface area (Å²) in [5.74, 6) is 2.44. The van der Waals surface area contributed by atoms with Crippen molar-refractivity contribution in [1.82, 2.24) is 0 Å². The van der Waals surface area contributed by atoms with Crippen LogP contribution in [0, 0.1) is 0 Å². The minimum Gasteiger partial charge on any atom is -0.493 e. The van der Waals surface area contributed by atoms with Gasteiger partial charge in [0.2, 0.25) is 5.91 Å². The maximum Gasteiger partial charge on any atom is 0.246 e. The predicted molar refractivity (Wildman–Crippen MR) is 106 cm³/mol. The number of anilines is 1. The number of carbonyl (C=O) groups is 1. The van der Waals surface area contributed by atoms with E-state index < -0.39 is 5.41 Å². The zero-order chi connectivity index (χ0) is 18.9. The first-order valence-electron chi connectivity index (χ1n) is 9.56. The molecule has 4 heterocycles. The molecule has 0 bridgehead atoms. The quantitative estimate of drug-likeness (QED) is 0.644. The molecule has 0 fully saturated rings. The lowest BCUT2D eigenvalue weighted by Crippen LogP contribution is -2.42. The number of furan rings is 1. The smallest absolute Gasteiger partial charge is 0.246 e. The summed E-state index contributed by atoms with van der Waals surface area (Å²) in [6.07, 6.45) is 0.865. The fourth-order valence-electron chi connectivity index (χ4n) is 4.73. The molecule has 5 nitrogen and oxygen atoms in total. The summed E-state index contributed by atoms with van der Waals surface area (Å²) >= 11 is 0. The molecule has 138 valence electrons. The number of nitrogens with zero attached hydrogens (tertiary/aromatic N) is 1. The van der Waals surface area contributed by atoms with Gasteiger partial charge in [0, 0.05) is 23.7 Å². The number of amides is 1. The Morgan fingerprint density at radius 3 is 2.79 bits per heavy atom. The molecule has 0 radical (unpaired) electrons. The molecule has 1 spiro atoms. The standard InChI is InChI=1S/C22H18BNO4/c23-20-6-5-14(28-20)11-24-17-4-2-1-3-15(17)22(21(24)25)12-27-19-10-18-13(7-8-26-18)9-16(19)22/h1-6,9-10H,7-8,11-12,23H2. The fraction of sp³-hybridized carbons (Fsp3) is 0.227. The highest BCUT2D eigenvalue weighted by atomic mass is 16.5. The van der Waals surface area contributed by atoms with E-state index in [0.717, 1.165) is 51.7 Å². The molecule has 0 saturated carbocycles. The van der Waals surface area contributed by atoms with Crippen molar-refractivity contribution in [2.24, 2.45) is 0 Å². The molecule has 1 amide bonds. The van der Waals surface area contributed by atoms with Crippen LogP contribution in [0.3, 0.4) is 0 Å². The third-order valence-electron chi connectivity index (χ3n) is 6.07. The summed E-state index contributed by atoms with van der Waals surface area (Å²) in [4.78, 5) is 15.7. The topological polar surface area (TPSA) is 51.9 Å². The van der Waals surface area contributed by atoms with E-state index in [4.69, 9.17) is 13.9 Å². The second-order valence-electron chi connectivity index (χ2n) is 7.67. The second kappa shape index (κ2) is 5.44. The molecule has 3 aliphatic rings. The van der Waals surface area contributed by atoms with Crippen molar-refractivity contribution in [1.29, 1.82) is 0 Å². The maximum atomic E-state index is 13.8. The Kier molecular flexibility index (Phi) is 3.08. The molecule has 6 rings (SSSR count). The van der Waals surface area contributed by atoms with E-state index in [9.17, 15) is 4.79 Å². The summed E-state index contributed by atoms with van der Waals surface area (Å²) in [5, 5.41) is 0. The number of rotatable bonds is 2. The van der Waals surface area contributed by atoms with Gasteiger partial charge >= 0.3 is 0 Å². The Hall–Kier alpha value is -3.15. The maximum absolute atomic E-state index is 13.8. The fourth-order valence-corrected chi connectivity index (χ4v) is 4.73. The van der Waals surface area contributed by atoms with Crippen molar-refractivity contribution in [3.8, 4) is 11.5 Å². The zero-order valence-electron chi connectivity index (χ0n) is 15.5. The number of hydrogen-bond donors (Lipinski definition) is 0. The van der Waals surface area contributed by atoms with Crippen LogP contribution in [-0.4, -0.2) is 27.0 Å². The van der Waals surface area contributed by atoms with Gasteiger partial charge in [0.1, 0.15) is 29.3 Å². The van der Waals surface area contributed by atoms with Gasteiger partial charge in [0.25, 0.3) is 0 Å². The Labute approximate surface area is 163 Å². The van der Waals surface area contributed by atoms with E-state index in [-0.39, 0.29) is 5.91 Å². The van der Waals surface area contributed by atoms with Crippen molar-refractivity contribution < 1.29 is 18.7 Å². The van der Waals surface area contributed by atoms with E-state index in [1.165, 1.54) is 0 Å². The van der Waals surface area contributed by atoms with Crippen molar-refractivity contribution in [3.63, 3.8) is 0 Å². The molecule has 0 saturated heterocycles. The highest BCUT2D eigenvalue weighted by Crippen LogP contribution is 2.54. The van der Waals surface area contributed by atoms with Gasteiger partial charge in [-0.2, -0.15) is 0 Å². The second-order valence-corrected chi connectivity index (χ2v) is 7.67. The van der Waals surface area contributed by atoms with Gasteiger partial charge in [-0.1, -0.05) is 18.2 Å². The SMILES string of the molecule is Bc1ccc(CN2C(=O)C3(COc4cc5c(cc43)CCO5)c3ccccc32)o1. The van der Waals surface area contributed by atoms with Gasteiger partial charge in [-0.3, -0.25) is 4.79 Å². The van der Waals surface area contributed by atoms with Gasteiger partial charge in [-0.15, -0.1) is 0 Å². The average molecular weight is 371 g/mol. The largest absolute Gasteiger partial charge is 0.493 e. The van der Waals surface area contributed by atoms with Crippen LogP contribution in [0.25, 0.3) is 0 Å². The first-order valence-corrected chi connectivity index (χ1v) is 9.56. The van der Waals surface area contributed by atoms with Crippen molar-refractivity contribution in [3.05, 3.63) is 71.0 Å². The molecular formula is C22H18BNO4. The van der Waals surface area contributed by atoms with Crippen molar-refractivity contribution >= 4 is 25.1 Å². The van der Waals surface area contributed by atoms with Crippen molar-refractivity contribution in [2.75, 3.05) is 18.1 Å². The summed E-state index contributed by atoms with van der Waals surface area (Å²) < 4.78 is 17.5. The lowest BCUT2D eigenvalue weighted by Gasteiger charge is -2.23. The normalized spacial score (nSPS) is 21.4. The molecule has 3 aliphatic heterocycles. The zero-order valence-corrected chi connectivity index (χ0v) is 15.5. The van der Waals surface area contributed by atoms with Crippen LogP contribution in [0.1, 0.15) is 22.5 Å². The Morgan fingerprint density at radius 1 is 1.04 bits per heavy atom. The number of hydrogen-bond acceptors (Lipinski definition) is 4. The molecule has 2 aromatic carbocycles. The van der Waals surface area contributed by atoms with Crippen LogP contribution in [0.4, 0.5) is 5.69 Å². The summed E-state index contributed by atoms with van der Waals surface area (Å²) in [6, 6.07) is 15.9. The van der Waals surface area contributed by atoms with Gasteiger partial charge in [0.15, 0.2) is 7.85 Å². The monoisotopic (exact) mass is 371 g/mol. The molecule has 0 N–H and O–H groups in total. The van der Waals surface area contributed by atoms with Crippen LogP contribution in [0.15, 0.2) is 52.9 Å². The number of ether oxygens (including phenoxy) is 2. The number of benzene rings is 2. The van der Waals surface area contributed by atoms with Crippen LogP contribution < -0.4 is 20.0 Å². The Balaban J connectivity index is 1.51. The Bertz CT molecular complexity index is 1140. The number of carbonyl (C=O) groups excluding carboxylic acids is 1. The van der Waals surface area contributed by atoms with E-state index in [1.807, 2.05) is 55.2 Å². The Morgan fingerprint density at radius 2 is 1.93 bits per heavy atom. The lowest BCUT2D eigenvalue weighted by molar-refractivity contribution is -0.122. The summed E-state index contributed by atoms with van der Waals surface area (Å²) in [5.41, 5.74) is 4.07. The molecule has 28 heavy (non-hydrogen) atoms. The highest BCUT2D eigenvalue weighted by molar-refractivity contribution is 6.29. The molecule has 0 aliphatic carbocycles. The van der Waals surface area contributed by atoms with Gasteiger partial charge < -0.3 is 18.8 Å². The van der Waals surface area contributed by atoms with Crippen LogP contribution in [-0.2, 0) is 23.2 Å². The first-order chi connectivity index (χ1) is 13.7. The molecule has 1 unspecified atom stereocenters. The van der Waals surface area contributed by atoms with Crippen LogP contribution in [0.2, 0.25) is 0 Å². The van der Waals surface area contributed by atoms with Gasteiger partial charge in [0.05, 0.1) is 18.8 Å². The minimum absolute atomic E-state index is 0.0420. The molecule has 1 atom stereocenters. The highest BCUT2D eigenvalue weighted by Gasteiger charge is 2.57. The van der Waals surface area contributed by atoms with E-state index >= 15 is 0 Å². The van der Waals surface area contributed by atoms with E-state index in [0.29, 0.717) is 19.8 Å². The molecule has 3 aromatic rings. The minimum atomic E-state index is -0.800. The van der Waals surface area contributed by atoms with Gasteiger partial charge in [-0.05, 0) is 35.4 Å². The first kappa shape index (κ1) is 15.9. The average Bonchev–Trinajstić information content (AvgIpc) is 3.45. The molecule has 6 heteroatoms. The third-order valence-corrected chi connectivity index (χ3v) is 6.07. The van der Waals surface area contributed by atoms with Crippen LogP contribution in [0.5, 0.6) is 11.5 Å². The lowest BCUT2D eigenvalue weighted by atomic mass is 9.76. The van der Waals surface area contributed by atoms with E-state index in [1.54, 1.807) is 0 Å². The van der Waals surface area contributed by atoms with Crippen LogP contribution >= 0.6 is 0 Å². The van der Waals surface area contributed by atoms with E-state index in [2.05, 4.69) is 6.07 Å². The van der Waals surface area contributed by atoms with Gasteiger partial charge in [-0.25, -0.2) is 0 Å². The van der Waals surface area contributed by atoms with Crippen molar-refractivity contribution in [2.45, 2.75) is 18.4 Å². The predicted octanol–water partition coefficient (Wildman–Crippen LogP) is 1.70. The summed E-state index contributed by atoms with van der Waals surface area (Å²) in [7, 11) is 1.91. The number of para-hydroxylation sites is 1.